The number of pyridine rings is 1. The molecule has 3 heteroatoms. The van der Waals surface area contributed by atoms with Crippen LogP contribution < -0.4 is 0 Å². The van der Waals surface area contributed by atoms with Gasteiger partial charge in [0.2, 0.25) is 0 Å². The van der Waals surface area contributed by atoms with Crippen molar-refractivity contribution < 1.29 is 5.11 Å². The molecule has 0 radical (unpaired) electrons. The van der Waals surface area contributed by atoms with E-state index in [1.54, 1.807) is 6.20 Å². The van der Waals surface area contributed by atoms with E-state index in [1.807, 2.05) is 18.2 Å². The summed E-state index contributed by atoms with van der Waals surface area (Å²) in [5.41, 5.74) is 1.01. The molecule has 17 heavy (non-hydrogen) atoms. The largest absolute Gasteiger partial charge is 0.396 e. The first-order chi connectivity index (χ1) is 8.40. The standard InChI is InChI=1S/C14H22N2O/c17-12-13(14-7-3-4-8-15-14)11-16-9-5-1-2-6-10-16/h3-4,7-8,13,17H,1-2,5-6,9-12H2. The third kappa shape index (κ3) is 3.79. The van der Waals surface area contributed by atoms with Crippen LogP contribution in [0.2, 0.25) is 0 Å². The van der Waals surface area contributed by atoms with Crippen molar-refractivity contribution in [2.45, 2.75) is 31.6 Å². The van der Waals surface area contributed by atoms with Crippen LogP contribution in [0.3, 0.4) is 0 Å². The molecule has 3 nitrogen and oxygen atoms in total. The summed E-state index contributed by atoms with van der Waals surface area (Å²) < 4.78 is 0. The smallest absolute Gasteiger partial charge is 0.0527 e. The quantitative estimate of drug-likeness (QED) is 0.866. The van der Waals surface area contributed by atoms with E-state index < -0.39 is 0 Å². The van der Waals surface area contributed by atoms with E-state index in [1.165, 1.54) is 38.8 Å². The van der Waals surface area contributed by atoms with Gasteiger partial charge in [-0.25, -0.2) is 0 Å². The molecule has 0 bridgehead atoms. The molecule has 1 aromatic heterocycles. The highest BCUT2D eigenvalue weighted by Gasteiger charge is 2.17. The van der Waals surface area contributed by atoms with Crippen molar-refractivity contribution in [1.82, 2.24) is 9.88 Å². The van der Waals surface area contributed by atoms with Crippen molar-refractivity contribution in [3.63, 3.8) is 0 Å². The number of aliphatic hydroxyl groups is 1. The van der Waals surface area contributed by atoms with Crippen molar-refractivity contribution in [3.05, 3.63) is 30.1 Å². The lowest BCUT2D eigenvalue weighted by molar-refractivity contribution is 0.201. The zero-order valence-corrected chi connectivity index (χ0v) is 10.4. The summed E-state index contributed by atoms with van der Waals surface area (Å²) in [6.45, 7) is 3.47. The van der Waals surface area contributed by atoms with Crippen LogP contribution in [0.4, 0.5) is 0 Å². The number of likely N-dealkylation sites (tertiary alicyclic amines) is 1. The Bertz CT molecular complexity index is 307. The second kappa shape index (κ2) is 6.72. The fourth-order valence-electron chi connectivity index (χ4n) is 2.49. The van der Waals surface area contributed by atoms with Crippen LogP contribution >= 0.6 is 0 Å². The zero-order valence-electron chi connectivity index (χ0n) is 10.4. The van der Waals surface area contributed by atoms with Crippen LogP contribution in [-0.4, -0.2) is 41.2 Å². The van der Waals surface area contributed by atoms with Crippen LogP contribution in [-0.2, 0) is 0 Å². The summed E-state index contributed by atoms with van der Waals surface area (Å²) >= 11 is 0. The van der Waals surface area contributed by atoms with E-state index in [0.29, 0.717) is 0 Å². The third-order valence-electron chi connectivity index (χ3n) is 3.50. The maximum absolute atomic E-state index is 9.51. The third-order valence-corrected chi connectivity index (χ3v) is 3.50. The highest BCUT2D eigenvalue weighted by Crippen LogP contribution is 2.17. The maximum atomic E-state index is 9.51. The van der Waals surface area contributed by atoms with Gasteiger partial charge in [0.1, 0.15) is 0 Å². The Hall–Kier alpha value is -0.930. The van der Waals surface area contributed by atoms with Gasteiger partial charge in [0.05, 0.1) is 6.61 Å². The molecular formula is C14H22N2O. The average molecular weight is 234 g/mol. The Balaban J connectivity index is 1.94. The van der Waals surface area contributed by atoms with Crippen molar-refractivity contribution in [1.29, 1.82) is 0 Å². The first-order valence-corrected chi connectivity index (χ1v) is 6.64. The molecular weight excluding hydrogens is 212 g/mol. The van der Waals surface area contributed by atoms with Crippen LogP contribution in [0.5, 0.6) is 0 Å². The second-order valence-electron chi connectivity index (χ2n) is 4.85. The van der Waals surface area contributed by atoms with Crippen LogP contribution in [0.1, 0.15) is 37.3 Å². The van der Waals surface area contributed by atoms with Crippen molar-refractivity contribution in [3.8, 4) is 0 Å². The van der Waals surface area contributed by atoms with Gasteiger partial charge >= 0.3 is 0 Å². The van der Waals surface area contributed by atoms with Gasteiger partial charge in [-0.3, -0.25) is 4.98 Å². The van der Waals surface area contributed by atoms with E-state index in [2.05, 4.69) is 9.88 Å². The molecule has 1 aliphatic rings. The molecule has 1 aliphatic heterocycles. The van der Waals surface area contributed by atoms with Crippen LogP contribution in [0.15, 0.2) is 24.4 Å². The summed E-state index contributed by atoms with van der Waals surface area (Å²) in [7, 11) is 0. The minimum Gasteiger partial charge on any atom is -0.396 e. The van der Waals surface area contributed by atoms with Gasteiger partial charge in [0.15, 0.2) is 0 Å². The molecule has 0 aliphatic carbocycles. The summed E-state index contributed by atoms with van der Waals surface area (Å²) in [5, 5.41) is 9.51. The Morgan fingerprint density at radius 2 is 1.94 bits per heavy atom. The number of nitrogens with zero attached hydrogens (tertiary/aromatic N) is 2. The predicted molar refractivity (Wildman–Crippen MR) is 69.0 cm³/mol. The SMILES string of the molecule is OCC(CN1CCCCCC1)c1ccccn1. The van der Waals surface area contributed by atoms with E-state index in [9.17, 15) is 5.11 Å². The minimum atomic E-state index is 0.161. The summed E-state index contributed by atoms with van der Waals surface area (Å²) in [6, 6.07) is 5.93. The van der Waals surface area contributed by atoms with E-state index >= 15 is 0 Å². The highest BCUT2D eigenvalue weighted by molar-refractivity contribution is 5.10. The number of aromatic nitrogens is 1. The van der Waals surface area contributed by atoms with Gasteiger partial charge < -0.3 is 10.0 Å². The molecule has 1 atom stereocenters. The van der Waals surface area contributed by atoms with Crippen molar-refractivity contribution >= 4 is 0 Å². The minimum absolute atomic E-state index is 0.161. The second-order valence-corrected chi connectivity index (χ2v) is 4.85. The topological polar surface area (TPSA) is 36.4 Å². The van der Waals surface area contributed by atoms with Gasteiger partial charge in [-0.15, -0.1) is 0 Å². The average Bonchev–Trinajstić information content (AvgIpc) is 2.65. The van der Waals surface area contributed by atoms with Crippen LogP contribution in [0.25, 0.3) is 0 Å². The number of rotatable bonds is 4. The Labute approximate surface area is 103 Å². The molecule has 1 aromatic rings. The lowest BCUT2D eigenvalue weighted by Crippen LogP contribution is -2.31. The van der Waals surface area contributed by atoms with Gasteiger partial charge in [0, 0.05) is 24.4 Å². The molecule has 1 N–H and O–H groups in total. The first-order valence-electron chi connectivity index (χ1n) is 6.64. The normalized spacial score (nSPS) is 19.8. The molecule has 1 saturated heterocycles. The summed E-state index contributed by atoms with van der Waals surface area (Å²) in [6.07, 6.45) is 7.09. The Morgan fingerprint density at radius 1 is 1.18 bits per heavy atom. The monoisotopic (exact) mass is 234 g/mol. The molecule has 0 saturated carbocycles. The van der Waals surface area contributed by atoms with Gasteiger partial charge in [-0.2, -0.15) is 0 Å². The summed E-state index contributed by atoms with van der Waals surface area (Å²) in [5.74, 6) is 0.161. The molecule has 0 amide bonds. The molecule has 1 fully saturated rings. The molecule has 1 unspecified atom stereocenters. The maximum Gasteiger partial charge on any atom is 0.0527 e. The molecule has 94 valence electrons. The lowest BCUT2D eigenvalue weighted by atomic mass is 10.1. The summed E-state index contributed by atoms with van der Waals surface area (Å²) in [4.78, 5) is 6.83. The van der Waals surface area contributed by atoms with Crippen molar-refractivity contribution in [2.24, 2.45) is 0 Å². The molecule has 2 rings (SSSR count). The van der Waals surface area contributed by atoms with E-state index in [-0.39, 0.29) is 12.5 Å². The Morgan fingerprint density at radius 3 is 2.53 bits per heavy atom. The van der Waals surface area contributed by atoms with E-state index in [0.717, 1.165) is 12.2 Å². The zero-order chi connectivity index (χ0) is 11.9. The molecule has 0 aromatic carbocycles. The fourth-order valence-corrected chi connectivity index (χ4v) is 2.49. The van der Waals surface area contributed by atoms with Gasteiger partial charge in [-0.1, -0.05) is 18.9 Å². The van der Waals surface area contributed by atoms with Crippen molar-refractivity contribution in [2.75, 3.05) is 26.2 Å². The molecule has 0 spiro atoms. The van der Waals surface area contributed by atoms with E-state index in [4.69, 9.17) is 0 Å². The predicted octanol–water partition coefficient (Wildman–Crippen LogP) is 2.03. The van der Waals surface area contributed by atoms with Crippen LogP contribution in [0, 0.1) is 0 Å². The van der Waals surface area contributed by atoms with Gasteiger partial charge in [0.25, 0.3) is 0 Å². The lowest BCUT2D eigenvalue weighted by Gasteiger charge is -2.24. The Kier molecular flexibility index (Phi) is 4.95. The highest BCUT2D eigenvalue weighted by atomic mass is 16.3. The fraction of sp³-hybridized carbons (Fsp3) is 0.643. The first kappa shape index (κ1) is 12.5. The number of hydrogen-bond donors (Lipinski definition) is 1. The van der Waals surface area contributed by atoms with Gasteiger partial charge in [-0.05, 0) is 38.1 Å². The number of hydrogen-bond acceptors (Lipinski definition) is 3. The number of aliphatic hydroxyl groups excluding tert-OH is 1. The molecule has 2 heterocycles.